The molecule has 1 aliphatic carbocycles. The fourth-order valence-electron chi connectivity index (χ4n) is 3.44. The monoisotopic (exact) mass is 330 g/mol. The molecule has 7 heteroatoms. The Morgan fingerprint density at radius 1 is 1.41 bits per heavy atom. The van der Waals surface area contributed by atoms with Gasteiger partial charge in [0.1, 0.15) is 0 Å². The molecule has 126 valence electrons. The molecule has 0 aromatic carbocycles. The highest BCUT2D eigenvalue weighted by molar-refractivity contribution is 7.91. The molecule has 1 saturated carbocycles. The first-order valence-electron chi connectivity index (χ1n) is 7.93. The number of aliphatic hydroxyl groups is 1. The number of likely N-dealkylation sites (tertiary alicyclic amines) is 1. The van der Waals surface area contributed by atoms with Crippen LogP contribution in [-0.4, -0.2) is 61.2 Å². The average Bonchev–Trinajstić information content (AvgIpc) is 2.45. The standard InChI is InChI=1S/C15H26N2O4S/c1-2-10-22(20,21)11-8-16-14(18)17-9-7-15(19)6-4-3-5-13(15)12-17/h2,13,19H,1,3-12H2,(H,16,18)/t13-,15+/m0/s1. The summed E-state index contributed by atoms with van der Waals surface area (Å²) in [5.74, 6) is -0.00143. The first-order valence-corrected chi connectivity index (χ1v) is 9.75. The molecule has 6 nitrogen and oxygen atoms in total. The van der Waals surface area contributed by atoms with Gasteiger partial charge in [0.05, 0.1) is 17.1 Å². The minimum Gasteiger partial charge on any atom is -0.389 e. The van der Waals surface area contributed by atoms with Gasteiger partial charge in [-0.15, -0.1) is 6.58 Å². The lowest BCUT2D eigenvalue weighted by molar-refractivity contribution is -0.0870. The van der Waals surface area contributed by atoms with Crippen molar-refractivity contribution in [2.45, 2.75) is 37.7 Å². The van der Waals surface area contributed by atoms with Crippen LogP contribution >= 0.6 is 0 Å². The summed E-state index contributed by atoms with van der Waals surface area (Å²) in [4.78, 5) is 13.8. The maximum absolute atomic E-state index is 12.1. The first kappa shape index (κ1) is 17.3. The second kappa shape index (κ2) is 7.00. The molecule has 2 atom stereocenters. The molecular formula is C15H26N2O4S. The van der Waals surface area contributed by atoms with Crippen LogP contribution < -0.4 is 5.32 Å². The van der Waals surface area contributed by atoms with E-state index in [1.165, 1.54) is 6.08 Å². The van der Waals surface area contributed by atoms with Gasteiger partial charge in [0, 0.05) is 25.6 Å². The van der Waals surface area contributed by atoms with Gasteiger partial charge in [0.15, 0.2) is 9.84 Å². The molecule has 2 amide bonds. The number of piperidine rings is 1. The van der Waals surface area contributed by atoms with Gasteiger partial charge >= 0.3 is 6.03 Å². The zero-order valence-corrected chi connectivity index (χ0v) is 13.8. The van der Waals surface area contributed by atoms with Crippen molar-refractivity contribution in [1.82, 2.24) is 10.2 Å². The highest BCUT2D eigenvalue weighted by atomic mass is 32.2. The number of urea groups is 1. The van der Waals surface area contributed by atoms with E-state index in [9.17, 15) is 18.3 Å². The lowest BCUT2D eigenvalue weighted by Gasteiger charge is -2.47. The zero-order chi connectivity index (χ0) is 16.2. The summed E-state index contributed by atoms with van der Waals surface area (Å²) >= 11 is 0. The lowest BCUT2D eigenvalue weighted by Crippen LogP contribution is -2.56. The molecule has 2 aliphatic rings. The van der Waals surface area contributed by atoms with Gasteiger partial charge in [0.2, 0.25) is 0 Å². The first-order chi connectivity index (χ1) is 10.4. The molecule has 1 aliphatic heterocycles. The number of carbonyl (C=O) groups excluding carboxylic acids is 1. The molecule has 2 rings (SSSR count). The van der Waals surface area contributed by atoms with Crippen molar-refractivity contribution in [3.8, 4) is 0 Å². The highest BCUT2D eigenvalue weighted by Crippen LogP contribution is 2.39. The van der Waals surface area contributed by atoms with Gasteiger partial charge in [-0.3, -0.25) is 0 Å². The molecule has 1 heterocycles. The van der Waals surface area contributed by atoms with Crippen molar-refractivity contribution in [1.29, 1.82) is 0 Å². The van der Waals surface area contributed by atoms with Gasteiger partial charge in [-0.05, 0) is 19.3 Å². The Morgan fingerprint density at radius 2 is 2.18 bits per heavy atom. The number of nitrogens with one attached hydrogen (secondary N) is 1. The van der Waals surface area contributed by atoms with E-state index in [1.54, 1.807) is 4.90 Å². The van der Waals surface area contributed by atoms with Crippen molar-refractivity contribution in [2.75, 3.05) is 31.1 Å². The van der Waals surface area contributed by atoms with Crippen molar-refractivity contribution >= 4 is 15.9 Å². The molecule has 0 aromatic rings. The molecule has 0 spiro atoms. The number of fused-ring (bicyclic) bond motifs is 1. The Kier molecular flexibility index (Phi) is 5.50. The Labute approximate surface area is 132 Å². The topological polar surface area (TPSA) is 86.7 Å². The number of hydrogen-bond acceptors (Lipinski definition) is 4. The predicted octanol–water partition coefficient (Wildman–Crippen LogP) is 0.924. The van der Waals surface area contributed by atoms with Crippen LogP contribution in [0.3, 0.4) is 0 Å². The molecule has 0 aromatic heterocycles. The molecular weight excluding hydrogens is 304 g/mol. The molecule has 0 unspecified atom stereocenters. The van der Waals surface area contributed by atoms with Crippen molar-refractivity contribution < 1.29 is 18.3 Å². The molecule has 0 bridgehead atoms. The van der Waals surface area contributed by atoms with Crippen LogP contribution in [0.2, 0.25) is 0 Å². The normalized spacial score (nSPS) is 28.8. The number of sulfone groups is 1. The second-order valence-electron chi connectivity index (χ2n) is 6.38. The van der Waals surface area contributed by atoms with Crippen molar-refractivity contribution in [3.05, 3.63) is 12.7 Å². The minimum atomic E-state index is -3.18. The van der Waals surface area contributed by atoms with Crippen LogP contribution in [0.4, 0.5) is 4.79 Å². The van der Waals surface area contributed by atoms with Gasteiger partial charge < -0.3 is 15.3 Å². The van der Waals surface area contributed by atoms with E-state index >= 15 is 0 Å². The van der Waals surface area contributed by atoms with E-state index < -0.39 is 15.4 Å². The van der Waals surface area contributed by atoms with Crippen LogP contribution in [0.25, 0.3) is 0 Å². The second-order valence-corrected chi connectivity index (χ2v) is 8.61. The third-order valence-electron chi connectivity index (χ3n) is 4.78. The summed E-state index contributed by atoms with van der Waals surface area (Å²) < 4.78 is 23.1. The molecule has 2 N–H and O–H groups in total. The SMILES string of the molecule is C=CCS(=O)(=O)CCNC(=O)N1CC[C@]2(O)CCCC[C@H]2C1. The third kappa shape index (κ3) is 4.23. The van der Waals surface area contributed by atoms with Crippen LogP contribution in [-0.2, 0) is 9.84 Å². The minimum absolute atomic E-state index is 0.0678. The quantitative estimate of drug-likeness (QED) is 0.734. The van der Waals surface area contributed by atoms with Gasteiger partial charge in [0.25, 0.3) is 0 Å². The van der Waals surface area contributed by atoms with E-state index in [1.807, 2.05) is 0 Å². The molecule has 22 heavy (non-hydrogen) atoms. The summed E-state index contributed by atoms with van der Waals surface area (Å²) in [5.41, 5.74) is -0.609. The van der Waals surface area contributed by atoms with E-state index in [4.69, 9.17) is 0 Å². The van der Waals surface area contributed by atoms with Crippen LogP contribution in [0, 0.1) is 5.92 Å². The predicted molar refractivity (Wildman–Crippen MR) is 85.3 cm³/mol. The Balaban J connectivity index is 1.80. The molecule has 0 radical (unpaired) electrons. The Hall–Kier alpha value is -1.08. The summed E-state index contributed by atoms with van der Waals surface area (Å²) in [7, 11) is -3.18. The highest BCUT2D eigenvalue weighted by Gasteiger charge is 2.43. The van der Waals surface area contributed by atoms with Crippen molar-refractivity contribution in [2.24, 2.45) is 5.92 Å². The largest absolute Gasteiger partial charge is 0.389 e. The van der Waals surface area contributed by atoms with E-state index in [-0.39, 0.29) is 30.0 Å². The van der Waals surface area contributed by atoms with E-state index in [0.717, 1.165) is 25.7 Å². The smallest absolute Gasteiger partial charge is 0.317 e. The number of amides is 2. The maximum Gasteiger partial charge on any atom is 0.317 e. The maximum atomic E-state index is 12.1. The van der Waals surface area contributed by atoms with Crippen LogP contribution in [0.1, 0.15) is 32.1 Å². The summed E-state index contributed by atoms with van der Waals surface area (Å²) in [6, 6.07) is -0.235. The Bertz CT molecular complexity index is 520. The number of carbonyl (C=O) groups is 1. The fourth-order valence-corrected chi connectivity index (χ4v) is 4.38. The van der Waals surface area contributed by atoms with E-state index in [0.29, 0.717) is 19.5 Å². The Morgan fingerprint density at radius 3 is 2.91 bits per heavy atom. The van der Waals surface area contributed by atoms with Crippen LogP contribution in [0.5, 0.6) is 0 Å². The fraction of sp³-hybridized carbons (Fsp3) is 0.800. The lowest BCUT2D eigenvalue weighted by atomic mass is 9.71. The molecule has 1 saturated heterocycles. The van der Waals surface area contributed by atoms with Gasteiger partial charge in [-0.1, -0.05) is 18.9 Å². The van der Waals surface area contributed by atoms with Gasteiger partial charge in [-0.2, -0.15) is 0 Å². The zero-order valence-electron chi connectivity index (χ0n) is 13.0. The van der Waals surface area contributed by atoms with E-state index in [2.05, 4.69) is 11.9 Å². The third-order valence-corrected chi connectivity index (χ3v) is 6.35. The van der Waals surface area contributed by atoms with Gasteiger partial charge in [-0.25, -0.2) is 13.2 Å². The average molecular weight is 330 g/mol. The number of nitrogens with zero attached hydrogens (tertiary/aromatic N) is 1. The number of rotatable bonds is 5. The summed E-state index contributed by atoms with van der Waals surface area (Å²) in [6.45, 7) is 4.60. The number of hydrogen-bond donors (Lipinski definition) is 2. The van der Waals surface area contributed by atoms with Crippen molar-refractivity contribution in [3.63, 3.8) is 0 Å². The summed E-state index contributed by atoms with van der Waals surface area (Å²) in [6.07, 6.45) is 5.90. The summed E-state index contributed by atoms with van der Waals surface area (Å²) in [5, 5.41) is 13.3. The van der Waals surface area contributed by atoms with Crippen LogP contribution in [0.15, 0.2) is 12.7 Å². The molecule has 2 fully saturated rings.